The van der Waals surface area contributed by atoms with E-state index in [9.17, 15) is 4.39 Å². The monoisotopic (exact) mass is 445 g/mol. The van der Waals surface area contributed by atoms with Gasteiger partial charge in [0.1, 0.15) is 11.6 Å². The van der Waals surface area contributed by atoms with Crippen LogP contribution in [-0.4, -0.2) is 46.7 Å². The van der Waals surface area contributed by atoms with Gasteiger partial charge in [-0.2, -0.15) is 0 Å². The Balaban J connectivity index is 0.00000208. The highest BCUT2D eigenvalue weighted by atomic mass is 127. The molecule has 24 heavy (non-hydrogen) atoms. The molecule has 0 unspecified atom stereocenters. The maximum Gasteiger partial charge on any atom is 0.191 e. The number of benzene rings is 1. The number of hydrogen-bond donors (Lipinski definition) is 1. The molecule has 1 fully saturated rings. The number of nitrogens with two attached hydrogens (primary N) is 1. The molecule has 0 amide bonds. The number of aryl methyl sites for hydroxylation is 1. The summed E-state index contributed by atoms with van der Waals surface area (Å²) in [6.45, 7) is 4.97. The Morgan fingerprint density at radius 1 is 1.38 bits per heavy atom. The lowest BCUT2D eigenvalue weighted by molar-refractivity contribution is 0.0674. The summed E-state index contributed by atoms with van der Waals surface area (Å²) in [5.41, 5.74) is 7.23. The Kier molecular flexibility index (Phi) is 6.55. The van der Waals surface area contributed by atoms with Crippen molar-refractivity contribution in [1.29, 1.82) is 0 Å². The first-order chi connectivity index (χ1) is 11.1. The van der Waals surface area contributed by atoms with Crippen LogP contribution in [0.2, 0.25) is 0 Å². The van der Waals surface area contributed by atoms with Crippen molar-refractivity contribution in [1.82, 2.24) is 14.5 Å². The zero-order chi connectivity index (χ0) is 16.2. The zero-order valence-corrected chi connectivity index (χ0v) is 15.8. The molecule has 2 aromatic rings. The minimum atomic E-state index is -0.302. The van der Waals surface area contributed by atoms with E-state index >= 15 is 0 Å². The van der Waals surface area contributed by atoms with Gasteiger partial charge < -0.3 is 19.9 Å². The molecule has 6 nitrogen and oxygen atoms in total. The quantitative estimate of drug-likeness (QED) is 0.447. The van der Waals surface area contributed by atoms with Crippen LogP contribution in [0.5, 0.6) is 0 Å². The molecule has 0 spiro atoms. The number of aromatic nitrogens is 2. The molecule has 0 atom stereocenters. The smallest absolute Gasteiger partial charge is 0.191 e. The topological polar surface area (TPSA) is 68.7 Å². The van der Waals surface area contributed by atoms with Gasteiger partial charge in [-0.1, -0.05) is 6.07 Å². The Bertz CT molecular complexity index is 712. The van der Waals surface area contributed by atoms with Gasteiger partial charge in [-0.25, -0.2) is 14.4 Å². The van der Waals surface area contributed by atoms with E-state index < -0.39 is 0 Å². The van der Waals surface area contributed by atoms with Crippen molar-refractivity contribution in [3.63, 3.8) is 0 Å². The maximum absolute atomic E-state index is 14.3. The van der Waals surface area contributed by atoms with Crippen molar-refractivity contribution < 1.29 is 9.13 Å². The predicted octanol–water partition coefficient (Wildman–Crippen LogP) is 2.08. The van der Waals surface area contributed by atoms with E-state index in [1.165, 1.54) is 6.07 Å². The second-order valence-electron chi connectivity index (χ2n) is 5.40. The number of nitrogens with zero attached hydrogens (tertiary/aromatic N) is 4. The molecule has 130 valence electrons. The third kappa shape index (κ3) is 4.23. The molecule has 0 radical (unpaired) electrons. The van der Waals surface area contributed by atoms with E-state index in [1.807, 2.05) is 17.9 Å². The molecule has 1 aromatic carbocycles. The van der Waals surface area contributed by atoms with Gasteiger partial charge in [0, 0.05) is 25.5 Å². The normalized spacial score (nSPS) is 15.2. The summed E-state index contributed by atoms with van der Waals surface area (Å²) < 4.78 is 21.3. The molecular formula is C16H21FIN5O. The molecular weight excluding hydrogens is 424 g/mol. The van der Waals surface area contributed by atoms with Gasteiger partial charge in [-0.3, -0.25) is 0 Å². The van der Waals surface area contributed by atoms with Gasteiger partial charge in [0.05, 0.1) is 25.4 Å². The second kappa shape index (κ2) is 8.43. The minimum absolute atomic E-state index is 0. The summed E-state index contributed by atoms with van der Waals surface area (Å²) in [4.78, 5) is 10.4. The minimum Gasteiger partial charge on any atom is -0.378 e. The molecule has 8 heteroatoms. The number of guanidine groups is 1. The van der Waals surface area contributed by atoms with Gasteiger partial charge in [0.15, 0.2) is 5.96 Å². The van der Waals surface area contributed by atoms with Crippen LogP contribution in [-0.2, 0) is 11.3 Å². The number of rotatable bonds is 3. The highest BCUT2D eigenvalue weighted by Crippen LogP contribution is 2.17. The van der Waals surface area contributed by atoms with E-state index in [0.717, 1.165) is 24.5 Å². The SMILES string of the molecule is Cc1nccn1-c1ccc(CN=C(N)N2CCOCC2)cc1F.I. The van der Waals surface area contributed by atoms with Crippen LogP contribution < -0.4 is 5.73 Å². The summed E-state index contributed by atoms with van der Waals surface area (Å²) in [5.74, 6) is 0.915. The van der Waals surface area contributed by atoms with Crippen LogP contribution in [0.15, 0.2) is 35.6 Å². The highest BCUT2D eigenvalue weighted by Gasteiger charge is 2.12. The van der Waals surface area contributed by atoms with Crippen LogP contribution in [0.4, 0.5) is 4.39 Å². The molecule has 1 aliphatic rings. The van der Waals surface area contributed by atoms with E-state index in [4.69, 9.17) is 10.5 Å². The van der Waals surface area contributed by atoms with Crippen LogP contribution in [0.25, 0.3) is 5.69 Å². The average Bonchev–Trinajstić information content (AvgIpc) is 2.99. The number of ether oxygens (including phenoxy) is 1. The van der Waals surface area contributed by atoms with Crippen molar-refractivity contribution >= 4 is 29.9 Å². The van der Waals surface area contributed by atoms with Crippen molar-refractivity contribution in [2.24, 2.45) is 10.7 Å². The predicted molar refractivity (Wildman–Crippen MR) is 101 cm³/mol. The third-order valence-electron chi connectivity index (χ3n) is 3.86. The number of hydrogen-bond acceptors (Lipinski definition) is 3. The van der Waals surface area contributed by atoms with E-state index in [0.29, 0.717) is 31.4 Å². The molecule has 2 N–H and O–H groups in total. The Morgan fingerprint density at radius 2 is 2.12 bits per heavy atom. The van der Waals surface area contributed by atoms with Crippen molar-refractivity contribution in [2.75, 3.05) is 26.3 Å². The van der Waals surface area contributed by atoms with Crippen LogP contribution in [0.3, 0.4) is 0 Å². The first kappa shape index (κ1) is 18.7. The zero-order valence-electron chi connectivity index (χ0n) is 13.5. The van der Waals surface area contributed by atoms with Crippen molar-refractivity contribution in [3.8, 4) is 5.69 Å². The number of aliphatic imine (C=N–C) groups is 1. The number of halogens is 2. The summed E-state index contributed by atoms with van der Waals surface area (Å²) in [5, 5.41) is 0. The van der Waals surface area contributed by atoms with Gasteiger partial charge in [0.2, 0.25) is 0 Å². The van der Waals surface area contributed by atoms with Crippen LogP contribution in [0.1, 0.15) is 11.4 Å². The standard InChI is InChI=1S/C16H20FN5O.HI/c1-12-19-4-5-22(12)15-3-2-13(10-14(15)17)11-20-16(18)21-6-8-23-9-7-21;/h2-5,10H,6-9,11H2,1H3,(H2,18,20);1H. The lowest BCUT2D eigenvalue weighted by Crippen LogP contribution is -2.44. The fraction of sp³-hybridized carbons (Fsp3) is 0.375. The van der Waals surface area contributed by atoms with Gasteiger partial charge in [-0.15, -0.1) is 24.0 Å². The summed E-state index contributed by atoms with van der Waals surface area (Å²) >= 11 is 0. The Morgan fingerprint density at radius 3 is 2.75 bits per heavy atom. The first-order valence-corrected chi connectivity index (χ1v) is 7.56. The van der Waals surface area contributed by atoms with Gasteiger partial charge in [0.25, 0.3) is 0 Å². The largest absolute Gasteiger partial charge is 0.378 e. The summed E-state index contributed by atoms with van der Waals surface area (Å²) in [7, 11) is 0. The summed E-state index contributed by atoms with van der Waals surface area (Å²) in [6, 6.07) is 5.08. The number of imidazole rings is 1. The van der Waals surface area contributed by atoms with Gasteiger partial charge in [-0.05, 0) is 24.6 Å². The first-order valence-electron chi connectivity index (χ1n) is 7.56. The highest BCUT2D eigenvalue weighted by molar-refractivity contribution is 14.0. The molecule has 3 rings (SSSR count). The van der Waals surface area contributed by atoms with Crippen LogP contribution in [0, 0.1) is 12.7 Å². The molecule has 1 saturated heterocycles. The van der Waals surface area contributed by atoms with E-state index in [2.05, 4.69) is 9.98 Å². The molecule has 1 aliphatic heterocycles. The molecule has 2 heterocycles. The van der Waals surface area contributed by atoms with Crippen molar-refractivity contribution in [3.05, 3.63) is 47.8 Å². The van der Waals surface area contributed by atoms with E-state index in [-0.39, 0.29) is 29.8 Å². The fourth-order valence-corrected chi connectivity index (χ4v) is 2.54. The van der Waals surface area contributed by atoms with E-state index in [1.54, 1.807) is 23.0 Å². The van der Waals surface area contributed by atoms with Gasteiger partial charge >= 0.3 is 0 Å². The molecule has 1 aromatic heterocycles. The Hall–Kier alpha value is -1.68. The molecule has 0 bridgehead atoms. The fourth-order valence-electron chi connectivity index (χ4n) is 2.54. The molecule has 0 aliphatic carbocycles. The lowest BCUT2D eigenvalue weighted by atomic mass is 10.2. The van der Waals surface area contributed by atoms with Crippen molar-refractivity contribution in [2.45, 2.75) is 13.5 Å². The second-order valence-corrected chi connectivity index (χ2v) is 5.40. The Labute approximate surface area is 157 Å². The lowest BCUT2D eigenvalue weighted by Gasteiger charge is -2.27. The number of morpholine rings is 1. The third-order valence-corrected chi connectivity index (χ3v) is 3.86. The maximum atomic E-state index is 14.3. The van der Waals surface area contributed by atoms with Crippen LogP contribution >= 0.6 is 24.0 Å². The average molecular weight is 445 g/mol. The summed E-state index contributed by atoms with van der Waals surface area (Å²) in [6.07, 6.45) is 3.39. The molecule has 0 saturated carbocycles.